The van der Waals surface area contributed by atoms with E-state index >= 15 is 0 Å². The summed E-state index contributed by atoms with van der Waals surface area (Å²) in [6.07, 6.45) is 0.968. The maximum atomic E-state index is 12.3. The lowest BCUT2D eigenvalue weighted by Crippen LogP contribution is -2.37. The summed E-state index contributed by atoms with van der Waals surface area (Å²) >= 11 is 1.59. The van der Waals surface area contributed by atoms with E-state index in [-0.39, 0.29) is 23.4 Å². The molecule has 0 radical (unpaired) electrons. The first-order valence-electron chi connectivity index (χ1n) is 10.7. The molecular formula is C25H26N4O3S. The van der Waals surface area contributed by atoms with Crippen LogP contribution in [0.3, 0.4) is 0 Å². The molecule has 0 atom stereocenters. The summed E-state index contributed by atoms with van der Waals surface area (Å²) in [6, 6.07) is 14.6. The van der Waals surface area contributed by atoms with Crippen LogP contribution in [0.25, 0.3) is 21.0 Å². The maximum absolute atomic E-state index is 12.3. The molecule has 0 spiro atoms. The molecule has 0 unspecified atom stereocenters. The molecule has 0 saturated carbocycles. The van der Waals surface area contributed by atoms with Crippen molar-refractivity contribution in [2.24, 2.45) is 5.73 Å². The Morgan fingerprint density at radius 3 is 2.70 bits per heavy atom. The van der Waals surface area contributed by atoms with Crippen molar-refractivity contribution >= 4 is 55.7 Å². The molecule has 0 aliphatic heterocycles. The molecule has 0 bridgehead atoms. The van der Waals surface area contributed by atoms with Gasteiger partial charge in [-0.1, -0.05) is 18.2 Å². The van der Waals surface area contributed by atoms with E-state index in [4.69, 9.17) is 10.7 Å². The van der Waals surface area contributed by atoms with Crippen LogP contribution in [0, 0.1) is 0 Å². The lowest BCUT2D eigenvalue weighted by atomic mass is 10.0. The number of hydrogen-bond donors (Lipinski definition) is 4. The van der Waals surface area contributed by atoms with Gasteiger partial charge in [0.1, 0.15) is 5.82 Å². The van der Waals surface area contributed by atoms with E-state index in [9.17, 15) is 14.7 Å². The molecule has 4 aromatic rings. The number of fused-ring (bicyclic) bond motifs is 3. The molecule has 170 valence electrons. The van der Waals surface area contributed by atoms with Crippen LogP contribution in [-0.2, 0) is 11.2 Å². The largest absolute Gasteiger partial charge is 0.478 e. The molecule has 8 heteroatoms. The number of thiophene rings is 1. The van der Waals surface area contributed by atoms with Gasteiger partial charge < -0.3 is 21.5 Å². The minimum absolute atomic E-state index is 0.0540. The van der Waals surface area contributed by atoms with E-state index in [1.807, 2.05) is 49.6 Å². The van der Waals surface area contributed by atoms with Gasteiger partial charge >= 0.3 is 5.97 Å². The molecule has 0 aliphatic carbocycles. The monoisotopic (exact) mass is 462 g/mol. The number of amides is 1. The highest BCUT2D eigenvalue weighted by molar-refractivity contribution is 7.18. The predicted octanol–water partition coefficient (Wildman–Crippen LogP) is 4.68. The number of rotatable bonds is 8. The van der Waals surface area contributed by atoms with Gasteiger partial charge in [0.05, 0.1) is 17.5 Å². The fourth-order valence-electron chi connectivity index (χ4n) is 3.60. The van der Waals surface area contributed by atoms with Gasteiger partial charge in [-0.05, 0) is 61.5 Å². The van der Waals surface area contributed by atoms with Crippen molar-refractivity contribution in [2.75, 3.05) is 11.9 Å². The van der Waals surface area contributed by atoms with Crippen LogP contribution >= 0.6 is 11.3 Å². The van der Waals surface area contributed by atoms with E-state index in [1.165, 1.54) is 0 Å². The van der Waals surface area contributed by atoms with Crippen molar-refractivity contribution in [3.8, 4) is 0 Å². The number of anilines is 2. The summed E-state index contributed by atoms with van der Waals surface area (Å²) in [5.41, 5.74) is 8.14. The summed E-state index contributed by atoms with van der Waals surface area (Å²) in [7, 11) is 0. The Morgan fingerprint density at radius 2 is 1.94 bits per heavy atom. The fourth-order valence-corrected chi connectivity index (χ4v) is 4.53. The third kappa shape index (κ3) is 5.47. The van der Waals surface area contributed by atoms with Crippen molar-refractivity contribution in [1.82, 2.24) is 10.3 Å². The highest BCUT2D eigenvalue weighted by Gasteiger charge is 2.14. The van der Waals surface area contributed by atoms with Crippen LogP contribution in [0.4, 0.5) is 11.5 Å². The van der Waals surface area contributed by atoms with Gasteiger partial charge in [-0.25, -0.2) is 9.78 Å². The van der Waals surface area contributed by atoms with Gasteiger partial charge in [0.2, 0.25) is 5.91 Å². The minimum atomic E-state index is -0.986. The Kier molecular flexibility index (Phi) is 6.31. The van der Waals surface area contributed by atoms with Gasteiger partial charge in [0.15, 0.2) is 0 Å². The Bertz CT molecular complexity index is 1340. The van der Waals surface area contributed by atoms with Crippen molar-refractivity contribution < 1.29 is 14.7 Å². The summed E-state index contributed by atoms with van der Waals surface area (Å²) < 4.78 is 1.04. The Labute approximate surface area is 195 Å². The zero-order valence-corrected chi connectivity index (χ0v) is 19.3. The average molecular weight is 463 g/mol. The smallest absolute Gasteiger partial charge is 0.335 e. The number of carboxylic acids is 1. The standard InChI is InChI=1S/C25H26N4O3S/c1-25(2,26)9-10-27-21(30)13-15-4-3-5-17(12-15)28-23-19-8-11-33-22(19)18-7-6-16(24(31)32)14-20(18)29-23/h3-8,11-12,14H,9-10,13,26H2,1-2H3,(H,27,30)(H,28,29)(H,31,32). The highest BCUT2D eigenvalue weighted by atomic mass is 32.1. The third-order valence-corrected chi connectivity index (χ3v) is 6.24. The first kappa shape index (κ1) is 22.7. The van der Waals surface area contributed by atoms with Gasteiger partial charge in [-0.3, -0.25) is 4.79 Å². The molecule has 4 rings (SSSR count). The second-order valence-electron chi connectivity index (χ2n) is 8.75. The van der Waals surface area contributed by atoms with Gasteiger partial charge in [0.25, 0.3) is 0 Å². The van der Waals surface area contributed by atoms with Gasteiger partial charge in [-0.15, -0.1) is 11.3 Å². The Hall–Kier alpha value is -3.49. The van der Waals surface area contributed by atoms with Crippen LogP contribution in [0.2, 0.25) is 0 Å². The number of nitrogens with one attached hydrogen (secondary N) is 2. The number of nitrogens with zero attached hydrogens (tertiary/aromatic N) is 1. The normalized spacial score (nSPS) is 11.6. The summed E-state index contributed by atoms with van der Waals surface area (Å²) in [4.78, 5) is 28.4. The predicted molar refractivity (Wildman–Crippen MR) is 133 cm³/mol. The van der Waals surface area contributed by atoms with Crippen LogP contribution in [0.1, 0.15) is 36.2 Å². The van der Waals surface area contributed by atoms with E-state index in [1.54, 1.807) is 29.5 Å². The molecule has 1 amide bonds. The molecule has 7 nitrogen and oxygen atoms in total. The first-order chi connectivity index (χ1) is 15.7. The molecule has 2 aromatic heterocycles. The van der Waals surface area contributed by atoms with Gasteiger partial charge in [-0.2, -0.15) is 0 Å². The molecule has 5 N–H and O–H groups in total. The van der Waals surface area contributed by atoms with Crippen molar-refractivity contribution in [1.29, 1.82) is 0 Å². The molecular weight excluding hydrogens is 436 g/mol. The summed E-state index contributed by atoms with van der Waals surface area (Å²) in [6.45, 7) is 4.40. The first-order valence-corrected chi connectivity index (χ1v) is 11.5. The van der Waals surface area contributed by atoms with E-state index in [0.717, 1.165) is 26.7 Å². The van der Waals surface area contributed by atoms with Gasteiger partial charge in [0, 0.05) is 33.2 Å². The zero-order valence-electron chi connectivity index (χ0n) is 18.5. The second kappa shape index (κ2) is 9.17. The van der Waals surface area contributed by atoms with Crippen LogP contribution < -0.4 is 16.4 Å². The van der Waals surface area contributed by atoms with Crippen molar-refractivity contribution in [3.05, 3.63) is 65.0 Å². The van der Waals surface area contributed by atoms with Crippen LogP contribution in [0.15, 0.2) is 53.9 Å². The topological polar surface area (TPSA) is 117 Å². The molecule has 2 aromatic carbocycles. The highest BCUT2D eigenvalue weighted by Crippen LogP contribution is 2.35. The molecule has 0 saturated heterocycles. The molecule has 2 heterocycles. The average Bonchev–Trinajstić information content (AvgIpc) is 3.23. The van der Waals surface area contributed by atoms with E-state index < -0.39 is 5.97 Å². The third-order valence-electron chi connectivity index (χ3n) is 5.29. The SMILES string of the molecule is CC(C)(N)CCNC(=O)Cc1cccc(Nc2nc3cc(C(=O)O)ccc3c3sccc23)c1. The number of aromatic carboxylic acids is 1. The minimum Gasteiger partial charge on any atom is -0.478 e. The number of carbonyl (C=O) groups excluding carboxylic acids is 1. The number of aromatic nitrogens is 1. The number of pyridine rings is 1. The number of carboxylic acid groups (broad SMARTS) is 1. The van der Waals surface area contributed by atoms with E-state index in [2.05, 4.69) is 10.6 Å². The number of hydrogen-bond acceptors (Lipinski definition) is 6. The van der Waals surface area contributed by atoms with Crippen molar-refractivity contribution in [3.63, 3.8) is 0 Å². The number of carbonyl (C=O) groups is 2. The number of nitrogens with two attached hydrogens (primary N) is 1. The second-order valence-corrected chi connectivity index (χ2v) is 9.67. The fraction of sp³-hybridized carbons (Fsp3) is 0.240. The van der Waals surface area contributed by atoms with Crippen molar-refractivity contribution in [2.45, 2.75) is 32.2 Å². The molecule has 33 heavy (non-hydrogen) atoms. The lowest BCUT2D eigenvalue weighted by Gasteiger charge is -2.18. The van der Waals surface area contributed by atoms with Crippen LogP contribution in [-0.4, -0.2) is 34.1 Å². The molecule has 0 fully saturated rings. The van der Waals surface area contributed by atoms with Crippen LogP contribution in [0.5, 0.6) is 0 Å². The quantitative estimate of drug-likeness (QED) is 0.302. The zero-order chi connectivity index (χ0) is 23.6. The Morgan fingerprint density at radius 1 is 1.12 bits per heavy atom. The molecule has 0 aliphatic rings. The van der Waals surface area contributed by atoms with E-state index in [0.29, 0.717) is 24.3 Å². The Balaban J connectivity index is 1.56. The maximum Gasteiger partial charge on any atom is 0.335 e. The number of benzene rings is 2. The summed E-state index contributed by atoms with van der Waals surface area (Å²) in [5, 5.41) is 19.5. The lowest BCUT2D eigenvalue weighted by molar-refractivity contribution is -0.120. The summed E-state index contributed by atoms with van der Waals surface area (Å²) in [5.74, 6) is -0.393.